The Bertz CT molecular complexity index is 601. The van der Waals surface area contributed by atoms with E-state index in [4.69, 9.17) is 5.11 Å². The molecule has 1 aliphatic rings. The van der Waals surface area contributed by atoms with E-state index in [0.717, 1.165) is 0 Å². The van der Waals surface area contributed by atoms with Crippen LogP contribution >= 0.6 is 0 Å². The van der Waals surface area contributed by atoms with E-state index in [0.29, 0.717) is 37.3 Å². The molecule has 0 aromatic carbocycles. The first-order valence-electron chi connectivity index (χ1n) is 7.07. The van der Waals surface area contributed by atoms with Crippen LogP contribution in [0, 0.1) is 5.92 Å². The summed E-state index contributed by atoms with van der Waals surface area (Å²) in [6.45, 7) is 0.917. The van der Waals surface area contributed by atoms with Gasteiger partial charge in [0.05, 0.1) is 12.7 Å². The van der Waals surface area contributed by atoms with Crippen LogP contribution in [0.3, 0.4) is 0 Å². The molecule has 3 rings (SSSR count). The van der Waals surface area contributed by atoms with Crippen molar-refractivity contribution >= 4 is 11.6 Å². The van der Waals surface area contributed by atoms with Crippen molar-refractivity contribution in [3.8, 4) is 0 Å². The van der Waals surface area contributed by atoms with Gasteiger partial charge in [0.1, 0.15) is 0 Å². The van der Waals surface area contributed by atoms with Crippen molar-refractivity contribution in [1.82, 2.24) is 19.5 Å². The van der Waals surface area contributed by atoms with Crippen LogP contribution in [-0.4, -0.2) is 61.4 Å². The highest BCUT2D eigenvalue weighted by molar-refractivity contribution is 5.93. The summed E-state index contributed by atoms with van der Waals surface area (Å²) < 4.78 is 1.58. The van der Waals surface area contributed by atoms with Gasteiger partial charge >= 0.3 is 0 Å². The van der Waals surface area contributed by atoms with Crippen molar-refractivity contribution in [2.24, 2.45) is 5.92 Å². The van der Waals surface area contributed by atoms with Gasteiger partial charge in [-0.05, 0) is 24.8 Å². The quantitative estimate of drug-likeness (QED) is 0.826. The van der Waals surface area contributed by atoms with Gasteiger partial charge < -0.3 is 15.1 Å². The summed E-state index contributed by atoms with van der Waals surface area (Å²) in [5.41, 5.74) is 1.03. The van der Waals surface area contributed by atoms with Crippen molar-refractivity contribution in [3.05, 3.63) is 30.2 Å². The van der Waals surface area contributed by atoms with Gasteiger partial charge in [-0.2, -0.15) is 5.10 Å². The van der Waals surface area contributed by atoms with Gasteiger partial charge in [0.2, 0.25) is 0 Å². The number of rotatable bonds is 3. The van der Waals surface area contributed by atoms with Crippen LogP contribution in [0.1, 0.15) is 23.3 Å². The maximum atomic E-state index is 12.4. The monoisotopic (exact) mass is 290 g/mol. The van der Waals surface area contributed by atoms with E-state index in [1.165, 1.54) is 0 Å². The Hall–Kier alpha value is -1.99. The molecule has 21 heavy (non-hydrogen) atoms. The highest BCUT2D eigenvalue weighted by Crippen LogP contribution is 2.21. The molecule has 112 valence electrons. The zero-order valence-electron chi connectivity index (χ0n) is 11.6. The summed E-state index contributed by atoms with van der Waals surface area (Å²) in [5, 5.41) is 22.8. The van der Waals surface area contributed by atoms with Gasteiger partial charge in [-0.15, -0.1) is 0 Å². The van der Waals surface area contributed by atoms with Crippen LogP contribution in [0.5, 0.6) is 0 Å². The molecule has 2 N–H and O–H groups in total. The number of aliphatic hydroxyl groups excluding tert-OH is 2. The number of amides is 1. The number of carbonyl (C=O) groups is 1. The molecule has 7 heteroatoms. The largest absolute Gasteiger partial charge is 0.394 e. The topological polar surface area (TPSA) is 91.0 Å². The number of aromatic nitrogens is 3. The Morgan fingerprint density at radius 1 is 1.43 bits per heavy atom. The Balaban J connectivity index is 1.69. The normalized spacial score (nSPS) is 18.1. The van der Waals surface area contributed by atoms with E-state index < -0.39 is 6.10 Å². The molecule has 2 aromatic heterocycles. The molecule has 1 unspecified atom stereocenters. The fourth-order valence-corrected chi connectivity index (χ4v) is 2.73. The lowest BCUT2D eigenvalue weighted by atomic mass is 9.91. The summed E-state index contributed by atoms with van der Waals surface area (Å²) in [5.74, 6) is -0.0563. The Morgan fingerprint density at radius 2 is 2.19 bits per heavy atom. The lowest BCUT2D eigenvalue weighted by Crippen LogP contribution is -2.42. The molecular weight excluding hydrogens is 272 g/mol. The number of piperidine rings is 1. The van der Waals surface area contributed by atoms with E-state index in [9.17, 15) is 9.90 Å². The van der Waals surface area contributed by atoms with Gasteiger partial charge in [0.25, 0.3) is 5.91 Å². The second kappa shape index (κ2) is 5.79. The molecule has 1 aliphatic heterocycles. The molecule has 0 radical (unpaired) electrons. The zero-order chi connectivity index (χ0) is 14.8. The van der Waals surface area contributed by atoms with Gasteiger partial charge in [-0.3, -0.25) is 4.79 Å². The predicted octanol–water partition coefficient (Wildman–Crippen LogP) is -0.0653. The highest BCUT2D eigenvalue weighted by Gasteiger charge is 2.28. The number of likely N-dealkylation sites (tertiary alicyclic amines) is 1. The first-order valence-corrected chi connectivity index (χ1v) is 7.07. The average molecular weight is 290 g/mol. The summed E-state index contributed by atoms with van der Waals surface area (Å²) in [6.07, 6.45) is 4.11. The minimum atomic E-state index is -0.693. The number of hydrogen-bond acceptors (Lipinski definition) is 5. The van der Waals surface area contributed by atoms with Crippen LogP contribution in [0.15, 0.2) is 24.5 Å². The number of nitrogens with zero attached hydrogens (tertiary/aromatic N) is 4. The second-order valence-electron chi connectivity index (χ2n) is 5.33. The number of aliphatic hydroxyl groups is 2. The third kappa shape index (κ3) is 2.74. The summed E-state index contributed by atoms with van der Waals surface area (Å²) >= 11 is 0. The number of hydrogen-bond donors (Lipinski definition) is 2. The molecule has 7 nitrogen and oxygen atoms in total. The van der Waals surface area contributed by atoms with Crippen LogP contribution in [0.2, 0.25) is 0 Å². The molecule has 1 saturated heterocycles. The van der Waals surface area contributed by atoms with Crippen molar-refractivity contribution < 1.29 is 15.0 Å². The van der Waals surface area contributed by atoms with Gasteiger partial charge in [-0.1, -0.05) is 0 Å². The van der Waals surface area contributed by atoms with E-state index in [1.54, 1.807) is 33.9 Å². The van der Waals surface area contributed by atoms with Gasteiger partial charge in [0, 0.05) is 31.5 Å². The van der Waals surface area contributed by atoms with Crippen molar-refractivity contribution in [3.63, 3.8) is 0 Å². The van der Waals surface area contributed by atoms with Crippen LogP contribution in [0.25, 0.3) is 5.65 Å². The van der Waals surface area contributed by atoms with E-state index in [1.807, 2.05) is 0 Å². The molecule has 0 saturated carbocycles. The third-order valence-corrected chi connectivity index (χ3v) is 4.01. The van der Waals surface area contributed by atoms with Gasteiger partial charge in [-0.25, -0.2) is 9.50 Å². The Morgan fingerprint density at radius 3 is 2.86 bits per heavy atom. The first kappa shape index (κ1) is 14.0. The molecule has 1 atom stereocenters. The third-order valence-electron chi connectivity index (χ3n) is 4.01. The van der Waals surface area contributed by atoms with Crippen LogP contribution in [-0.2, 0) is 0 Å². The number of fused-ring (bicyclic) bond motifs is 1. The molecule has 1 amide bonds. The smallest absolute Gasteiger partial charge is 0.274 e. The van der Waals surface area contributed by atoms with E-state index >= 15 is 0 Å². The highest BCUT2D eigenvalue weighted by atomic mass is 16.3. The standard InChI is InChI=1S/C14H18N4O3/c19-9-12(20)10-2-6-17(7-3-10)14(21)11-8-13-15-4-1-5-18(13)16-11/h1,4-5,8,10,12,19-20H,2-3,6-7,9H2. The minimum Gasteiger partial charge on any atom is -0.394 e. The maximum Gasteiger partial charge on any atom is 0.274 e. The van der Waals surface area contributed by atoms with Crippen LogP contribution < -0.4 is 0 Å². The SMILES string of the molecule is O=C(c1cc2ncccn2n1)N1CCC(C(O)CO)CC1. The van der Waals surface area contributed by atoms with Crippen molar-refractivity contribution in [1.29, 1.82) is 0 Å². The lowest BCUT2D eigenvalue weighted by Gasteiger charge is -2.33. The second-order valence-corrected chi connectivity index (χ2v) is 5.33. The lowest BCUT2D eigenvalue weighted by molar-refractivity contribution is 0.0177. The summed E-state index contributed by atoms with van der Waals surface area (Å²) in [7, 11) is 0. The van der Waals surface area contributed by atoms with E-state index in [2.05, 4.69) is 10.1 Å². The van der Waals surface area contributed by atoms with Crippen LogP contribution in [0.4, 0.5) is 0 Å². The predicted molar refractivity (Wildman–Crippen MR) is 74.7 cm³/mol. The molecular formula is C14H18N4O3. The average Bonchev–Trinajstić information content (AvgIpc) is 2.97. The van der Waals surface area contributed by atoms with Gasteiger partial charge in [0.15, 0.2) is 11.3 Å². The van der Waals surface area contributed by atoms with Crippen molar-refractivity contribution in [2.45, 2.75) is 18.9 Å². The fourth-order valence-electron chi connectivity index (χ4n) is 2.73. The molecule has 0 aliphatic carbocycles. The van der Waals surface area contributed by atoms with Crippen molar-refractivity contribution in [2.75, 3.05) is 19.7 Å². The molecule has 2 aromatic rings. The Kier molecular flexibility index (Phi) is 3.85. The molecule has 1 fully saturated rings. The van der Waals surface area contributed by atoms with E-state index in [-0.39, 0.29) is 18.4 Å². The summed E-state index contributed by atoms with van der Waals surface area (Å²) in [4.78, 5) is 18.3. The summed E-state index contributed by atoms with van der Waals surface area (Å²) in [6, 6.07) is 3.44. The molecule has 0 bridgehead atoms. The molecule has 3 heterocycles. The Labute approximate surface area is 121 Å². The minimum absolute atomic E-state index is 0.0572. The molecule has 0 spiro atoms. The maximum absolute atomic E-state index is 12.4. The number of carbonyl (C=O) groups excluding carboxylic acids is 1. The fraction of sp³-hybridized carbons (Fsp3) is 0.500. The first-order chi connectivity index (χ1) is 10.2. The zero-order valence-corrected chi connectivity index (χ0v) is 11.6.